The number of amides is 2. The van der Waals surface area contributed by atoms with E-state index in [1.54, 1.807) is 4.90 Å². The number of benzene rings is 2. The van der Waals surface area contributed by atoms with Crippen LogP contribution in [0.2, 0.25) is 0 Å². The molecule has 0 bridgehead atoms. The van der Waals surface area contributed by atoms with Crippen LogP contribution < -0.4 is 5.32 Å². The van der Waals surface area contributed by atoms with Crippen molar-refractivity contribution >= 4 is 17.5 Å². The Morgan fingerprint density at radius 2 is 1.75 bits per heavy atom. The molecule has 0 aliphatic carbocycles. The minimum Gasteiger partial charge on any atom is -0.336 e. The van der Waals surface area contributed by atoms with E-state index in [0.29, 0.717) is 31.5 Å². The molecule has 2 aromatic rings. The van der Waals surface area contributed by atoms with Gasteiger partial charge in [-0.2, -0.15) is 5.26 Å². The Kier molecular flexibility index (Phi) is 5.10. The van der Waals surface area contributed by atoms with E-state index >= 15 is 0 Å². The van der Waals surface area contributed by atoms with Crippen molar-refractivity contribution in [2.45, 2.75) is 12.8 Å². The molecule has 7 nitrogen and oxygen atoms in total. The number of hydrogen-bond donors (Lipinski definition) is 1. The first-order chi connectivity index (χ1) is 15.5. The van der Waals surface area contributed by atoms with Gasteiger partial charge >= 0.3 is 0 Å². The van der Waals surface area contributed by atoms with Gasteiger partial charge in [0.25, 0.3) is 5.91 Å². The van der Waals surface area contributed by atoms with Crippen molar-refractivity contribution < 1.29 is 9.59 Å². The predicted molar refractivity (Wildman–Crippen MR) is 122 cm³/mol. The van der Waals surface area contributed by atoms with Crippen molar-refractivity contribution in [3.05, 3.63) is 53.6 Å². The number of carbonyl (C=O) groups is 2. The van der Waals surface area contributed by atoms with Gasteiger partial charge in [0.05, 0.1) is 5.41 Å². The number of rotatable bonds is 2. The van der Waals surface area contributed by atoms with Crippen molar-refractivity contribution in [1.82, 2.24) is 14.7 Å². The molecule has 1 unspecified atom stereocenters. The smallest absolute Gasteiger partial charge is 0.253 e. The highest BCUT2D eigenvalue weighted by molar-refractivity contribution is 5.99. The fourth-order valence-electron chi connectivity index (χ4n) is 5.03. The van der Waals surface area contributed by atoms with Gasteiger partial charge in [0.1, 0.15) is 0 Å². The maximum Gasteiger partial charge on any atom is 0.253 e. The fourth-order valence-corrected chi connectivity index (χ4v) is 5.03. The molecule has 1 atom stereocenters. The first-order valence-electron chi connectivity index (χ1n) is 11.1. The quantitative estimate of drug-likeness (QED) is 0.742. The Morgan fingerprint density at radius 1 is 1.03 bits per heavy atom. The number of nitrogens with zero attached hydrogens (tertiary/aromatic N) is 4. The van der Waals surface area contributed by atoms with Gasteiger partial charge in [0, 0.05) is 50.5 Å². The zero-order valence-electron chi connectivity index (χ0n) is 18.3. The summed E-state index contributed by atoms with van der Waals surface area (Å²) in [5, 5.41) is 12.3. The summed E-state index contributed by atoms with van der Waals surface area (Å²) in [6.45, 7) is 4.44. The lowest BCUT2D eigenvalue weighted by atomic mass is 9.76. The summed E-state index contributed by atoms with van der Waals surface area (Å²) in [5.41, 5.74) is 4.23. The maximum absolute atomic E-state index is 12.8. The van der Waals surface area contributed by atoms with Crippen LogP contribution in [-0.2, 0) is 11.2 Å². The van der Waals surface area contributed by atoms with Gasteiger partial charge in [0.15, 0.2) is 6.19 Å². The summed E-state index contributed by atoms with van der Waals surface area (Å²) >= 11 is 0. The van der Waals surface area contributed by atoms with E-state index in [1.807, 2.05) is 41.3 Å². The molecule has 0 aromatic heterocycles. The Balaban J connectivity index is 1.35. The number of nitriles is 1. The number of anilines is 1. The number of piperazine rings is 1. The number of carbonyl (C=O) groups excluding carboxylic acids is 2. The van der Waals surface area contributed by atoms with E-state index < -0.39 is 5.41 Å². The van der Waals surface area contributed by atoms with Gasteiger partial charge in [-0.25, -0.2) is 0 Å². The molecule has 3 aliphatic heterocycles. The second-order valence-corrected chi connectivity index (χ2v) is 9.23. The molecule has 3 aliphatic rings. The number of likely N-dealkylation sites (N-methyl/N-ethyl adjacent to an activating group) is 1. The third kappa shape index (κ3) is 3.61. The third-order valence-electron chi connectivity index (χ3n) is 7.11. The summed E-state index contributed by atoms with van der Waals surface area (Å²) < 4.78 is 0. The van der Waals surface area contributed by atoms with Crippen molar-refractivity contribution in [2.75, 3.05) is 51.6 Å². The van der Waals surface area contributed by atoms with Crippen molar-refractivity contribution in [1.29, 1.82) is 5.26 Å². The number of fused-ring (bicyclic) bond motifs is 1. The van der Waals surface area contributed by atoms with Crippen molar-refractivity contribution in [2.24, 2.45) is 5.41 Å². The minimum absolute atomic E-state index is 0.0160. The van der Waals surface area contributed by atoms with Crippen LogP contribution in [-0.4, -0.2) is 72.8 Å². The molecule has 2 aromatic carbocycles. The van der Waals surface area contributed by atoms with Crippen LogP contribution in [0.5, 0.6) is 0 Å². The highest BCUT2D eigenvalue weighted by atomic mass is 16.2. The second-order valence-electron chi connectivity index (χ2n) is 9.23. The van der Waals surface area contributed by atoms with Crippen molar-refractivity contribution in [3.63, 3.8) is 0 Å². The van der Waals surface area contributed by atoms with Gasteiger partial charge in [-0.3, -0.25) is 9.59 Å². The fraction of sp³-hybridized carbons (Fsp3) is 0.400. The third-order valence-corrected chi connectivity index (χ3v) is 7.11. The van der Waals surface area contributed by atoms with E-state index in [9.17, 15) is 14.9 Å². The normalized spacial score (nSPS) is 23.1. The van der Waals surface area contributed by atoms with Gasteiger partial charge in [-0.05, 0) is 60.8 Å². The van der Waals surface area contributed by atoms with E-state index in [1.165, 1.54) is 0 Å². The van der Waals surface area contributed by atoms with E-state index in [-0.39, 0.29) is 11.8 Å². The summed E-state index contributed by atoms with van der Waals surface area (Å²) in [5.74, 6) is 0.102. The Labute approximate surface area is 188 Å². The van der Waals surface area contributed by atoms with Crippen LogP contribution in [0.15, 0.2) is 42.5 Å². The van der Waals surface area contributed by atoms with Crippen LogP contribution in [0.25, 0.3) is 11.1 Å². The SMILES string of the molecule is CN1CCN(C(=O)c2ccc(-c3ccc4c(c3)CC3(CCN(C#N)C3)C(=O)N4)cc2)CC1. The number of nitrogens with one attached hydrogen (secondary N) is 1. The standard InChI is InChI=1S/C25H27N5O2/c1-28-10-12-30(13-11-28)23(31)19-4-2-18(3-5-19)20-6-7-22-21(14-20)15-25(24(32)27-22)8-9-29(16-25)17-26/h2-7,14H,8-13,15-16H2,1H3,(H,27,32). The molecule has 1 N–H and O–H groups in total. The Hall–Kier alpha value is -3.37. The van der Waals surface area contributed by atoms with Crippen molar-refractivity contribution in [3.8, 4) is 17.3 Å². The van der Waals surface area contributed by atoms with Gasteiger partial charge in [-0.1, -0.05) is 18.2 Å². The molecule has 2 saturated heterocycles. The van der Waals surface area contributed by atoms with E-state index in [4.69, 9.17) is 0 Å². The first-order valence-corrected chi connectivity index (χ1v) is 11.1. The van der Waals surface area contributed by atoms with Gasteiger partial charge in [0.2, 0.25) is 5.91 Å². The van der Waals surface area contributed by atoms with Crippen LogP contribution in [0.3, 0.4) is 0 Å². The average Bonchev–Trinajstić information content (AvgIpc) is 3.24. The van der Waals surface area contributed by atoms with E-state index in [2.05, 4.69) is 29.5 Å². The zero-order chi connectivity index (χ0) is 22.3. The molecular formula is C25H27N5O2. The van der Waals surface area contributed by atoms with Gasteiger partial charge < -0.3 is 20.0 Å². The number of likely N-dealkylation sites (tertiary alicyclic amines) is 1. The lowest BCUT2D eigenvalue weighted by molar-refractivity contribution is -0.125. The van der Waals surface area contributed by atoms with Crippen LogP contribution >= 0.6 is 0 Å². The zero-order valence-corrected chi connectivity index (χ0v) is 18.3. The van der Waals surface area contributed by atoms with Crippen LogP contribution in [0.1, 0.15) is 22.3 Å². The summed E-state index contributed by atoms with van der Waals surface area (Å²) in [7, 11) is 2.08. The molecule has 164 valence electrons. The monoisotopic (exact) mass is 429 g/mol. The average molecular weight is 430 g/mol. The summed E-state index contributed by atoms with van der Waals surface area (Å²) in [4.78, 5) is 31.4. The number of hydrogen-bond acceptors (Lipinski definition) is 5. The molecule has 0 saturated carbocycles. The Morgan fingerprint density at radius 3 is 2.44 bits per heavy atom. The lowest BCUT2D eigenvalue weighted by Gasteiger charge is -2.33. The molecular weight excluding hydrogens is 402 g/mol. The molecule has 2 amide bonds. The Bertz CT molecular complexity index is 1100. The highest BCUT2D eigenvalue weighted by Crippen LogP contribution is 2.41. The predicted octanol–water partition coefficient (Wildman–Crippen LogP) is 2.41. The van der Waals surface area contributed by atoms with Crippen LogP contribution in [0, 0.1) is 16.9 Å². The largest absolute Gasteiger partial charge is 0.336 e. The molecule has 3 heterocycles. The topological polar surface area (TPSA) is 79.7 Å². The maximum atomic E-state index is 12.8. The minimum atomic E-state index is -0.528. The van der Waals surface area contributed by atoms with Crippen LogP contribution in [0.4, 0.5) is 5.69 Å². The molecule has 32 heavy (non-hydrogen) atoms. The lowest BCUT2D eigenvalue weighted by Crippen LogP contribution is -2.47. The van der Waals surface area contributed by atoms with Gasteiger partial charge in [-0.15, -0.1) is 0 Å². The molecule has 7 heteroatoms. The second kappa shape index (κ2) is 7.95. The molecule has 0 radical (unpaired) electrons. The molecule has 5 rings (SSSR count). The summed E-state index contributed by atoms with van der Waals surface area (Å²) in [6.07, 6.45) is 3.51. The molecule has 1 spiro atoms. The first kappa shape index (κ1) is 20.5. The highest BCUT2D eigenvalue weighted by Gasteiger charge is 2.47. The van der Waals surface area contributed by atoms with E-state index in [0.717, 1.165) is 48.6 Å². The molecule has 2 fully saturated rings. The summed E-state index contributed by atoms with van der Waals surface area (Å²) in [6, 6.07) is 13.9.